The topological polar surface area (TPSA) is 119 Å². The highest BCUT2D eigenvalue weighted by Gasteiger charge is 2.28. The molecule has 2 heterocycles. The number of aromatic nitrogens is 3. The molecule has 9 heteroatoms. The minimum atomic E-state index is -0.387. The zero-order chi connectivity index (χ0) is 15.0. The van der Waals surface area contributed by atoms with Crippen molar-refractivity contribution in [3.05, 3.63) is 33.6 Å². The van der Waals surface area contributed by atoms with E-state index in [0.29, 0.717) is 28.0 Å². The number of hydrazine groups is 1. The van der Waals surface area contributed by atoms with E-state index >= 15 is 0 Å². The highest BCUT2D eigenvalue weighted by atomic mass is 32.2. The van der Waals surface area contributed by atoms with Gasteiger partial charge < -0.3 is 4.42 Å². The zero-order valence-electron chi connectivity index (χ0n) is 11.4. The Kier molecular flexibility index (Phi) is 3.60. The number of thioether (sulfide) groups is 1. The van der Waals surface area contributed by atoms with Crippen LogP contribution in [-0.2, 0) is 5.75 Å². The third-order valence-electron chi connectivity index (χ3n) is 3.27. The minimum Gasteiger partial charge on any atom is -0.465 e. The summed E-state index contributed by atoms with van der Waals surface area (Å²) in [4.78, 5) is 23.2. The van der Waals surface area contributed by atoms with Gasteiger partial charge in [0.1, 0.15) is 11.5 Å². The Bertz CT molecular complexity index is 728. The summed E-state index contributed by atoms with van der Waals surface area (Å²) in [5.74, 6) is 6.35. The monoisotopic (exact) mass is 309 g/mol. The van der Waals surface area contributed by atoms with Gasteiger partial charge in [0.2, 0.25) is 0 Å². The van der Waals surface area contributed by atoms with Gasteiger partial charge in [-0.05, 0) is 25.8 Å². The Morgan fingerprint density at radius 2 is 2.43 bits per heavy atom. The van der Waals surface area contributed by atoms with Crippen molar-refractivity contribution in [2.75, 3.05) is 0 Å². The van der Waals surface area contributed by atoms with E-state index in [2.05, 4.69) is 15.6 Å². The number of nitrogens with two attached hydrogens (primary N) is 1. The van der Waals surface area contributed by atoms with Crippen LogP contribution in [0.15, 0.2) is 20.4 Å². The third kappa shape index (κ3) is 2.74. The molecule has 0 atom stereocenters. The SMILES string of the molecule is Cc1oc(CSc2n[nH]c(=O)n2C2CC2)cc1C(=O)NN. The van der Waals surface area contributed by atoms with Gasteiger partial charge in [0, 0.05) is 6.04 Å². The number of nitrogen functional groups attached to an aromatic ring is 1. The molecule has 0 bridgehead atoms. The highest BCUT2D eigenvalue weighted by molar-refractivity contribution is 7.98. The molecule has 0 radical (unpaired) electrons. The van der Waals surface area contributed by atoms with Gasteiger partial charge in [-0.1, -0.05) is 11.8 Å². The molecule has 21 heavy (non-hydrogen) atoms. The molecular formula is C12H15N5O3S. The average Bonchev–Trinajstić information content (AvgIpc) is 3.14. The Balaban J connectivity index is 1.73. The third-order valence-corrected chi connectivity index (χ3v) is 4.25. The maximum atomic E-state index is 11.7. The second kappa shape index (κ2) is 5.41. The summed E-state index contributed by atoms with van der Waals surface area (Å²) < 4.78 is 7.19. The van der Waals surface area contributed by atoms with Crippen molar-refractivity contribution in [1.29, 1.82) is 0 Å². The molecule has 0 saturated heterocycles. The largest absolute Gasteiger partial charge is 0.465 e. The van der Waals surface area contributed by atoms with Crippen LogP contribution < -0.4 is 17.0 Å². The van der Waals surface area contributed by atoms with Crippen molar-refractivity contribution in [2.45, 2.75) is 36.7 Å². The molecule has 0 aliphatic heterocycles. The lowest BCUT2D eigenvalue weighted by atomic mass is 10.2. The first-order chi connectivity index (χ1) is 10.1. The molecule has 3 rings (SSSR count). The molecule has 1 amide bonds. The molecule has 1 saturated carbocycles. The predicted molar refractivity (Wildman–Crippen MR) is 75.8 cm³/mol. The van der Waals surface area contributed by atoms with E-state index in [1.165, 1.54) is 11.8 Å². The lowest BCUT2D eigenvalue weighted by Crippen LogP contribution is -2.30. The van der Waals surface area contributed by atoms with Gasteiger partial charge in [0.05, 0.1) is 11.3 Å². The standard InChI is InChI=1S/C12H15N5O3S/c1-6-9(10(18)14-13)4-8(20-6)5-21-12-16-15-11(19)17(12)7-2-3-7/h4,7H,2-3,5,13H2,1H3,(H,14,18)(H,15,19). The number of carbonyl (C=O) groups is 1. The first-order valence-corrected chi connectivity index (χ1v) is 7.48. The smallest absolute Gasteiger partial charge is 0.344 e. The molecule has 0 aromatic carbocycles. The fraction of sp³-hybridized carbons (Fsp3) is 0.417. The van der Waals surface area contributed by atoms with Gasteiger partial charge in [0.15, 0.2) is 5.16 Å². The minimum absolute atomic E-state index is 0.182. The van der Waals surface area contributed by atoms with E-state index in [9.17, 15) is 9.59 Å². The summed E-state index contributed by atoms with van der Waals surface area (Å²) in [5, 5.41) is 7.12. The number of hydrogen-bond acceptors (Lipinski definition) is 6. The molecule has 2 aromatic rings. The molecule has 2 aromatic heterocycles. The molecular weight excluding hydrogens is 294 g/mol. The van der Waals surface area contributed by atoms with Gasteiger partial charge >= 0.3 is 5.69 Å². The van der Waals surface area contributed by atoms with Crippen LogP contribution in [0.5, 0.6) is 0 Å². The molecule has 0 unspecified atom stereocenters. The number of hydrogen-bond donors (Lipinski definition) is 3. The predicted octanol–water partition coefficient (Wildman–Crippen LogP) is 0.704. The van der Waals surface area contributed by atoms with Crippen molar-refractivity contribution >= 4 is 17.7 Å². The van der Waals surface area contributed by atoms with Crippen LogP contribution >= 0.6 is 11.8 Å². The molecule has 1 aliphatic rings. The number of nitrogens with one attached hydrogen (secondary N) is 2. The number of amides is 1. The van der Waals surface area contributed by atoms with Crippen molar-refractivity contribution < 1.29 is 9.21 Å². The maximum absolute atomic E-state index is 11.7. The molecule has 1 fully saturated rings. The maximum Gasteiger partial charge on any atom is 0.344 e. The average molecular weight is 309 g/mol. The lowest BCUT2D eigenvalue weighted by molar-refractivity contribution is 0.0952. The summed E-state index contributed by atoms with van der Waals surface area (Å²) >= 11 is 1.39. The summed E-state index contributed by atoms with van der Waals surface area (Å²) in [5.41, 5.74) is 2.31. The molecule has 0 spiro atoms. The molecule has 4 N–H and O–H groups in total. The van der Waals surface area contributed by atoms with Gasteiger partial charge in [-0.25, -0.2) is 15.7 Å². The van der Waals surface area contributed by atoms with Crippen LogP contribution in [0.4, 0.5) is 0 Å². The number of carbonyl (C=O) groups excluding carboxylic acids is 1. The summed E-state index contributed by atoms with van der Waals surface area (Å²) in [6.07, 6.45) is 2.02. The second-order valence-corrected chi connectivity index (χ2v) is 5.80. The van der Waals surface area contributed by atoms with Crippen LogP contribution in [0.2, 0.25) is 0 Å². The van der Waals surface area contributed by atoms with Crippen molar-refractivity contribution in [2.24, 2.45) is 5.84 Å². The number of aryl methyl sites for hydroxylation is 1. The number of rotatable bonds is 5. The van der Waals surface area contributed by atoms with Crippen LogP contribution in [0.3, 0.4) is 0 Å². The first kappa shape index (κ1) is 14.0. The summed E-state index contributed by atoms with van der Waals surface area (Å²) in [6, 6.07) is 1.91. The first-order valence-electron chi connectivity index (χ1n) is 6.50. The van der Waals surface area contributed by atoms with E-state index < -0.39 is 0 Å². The fourth-order valence-electron chi connectivity index (χ4n) is 2.10. The van der Waals surface area contributed by atoms with Crippen molar-refractivity contribution in [3.8, 4) is 0 Å². The summed E-state index contributed by atoms with van der Waals surface area (Å²) in [7, 11) is 0. The summed E-state index contributed by atoms with van der Waals surface area (Å²) in [6.45, 7) is 1.70. The van der Waals surface area contributed by atoms with Crippen LogP contribution in [0.1, 0.15) is 40.8 Å². The highest BCUT2D eigenvalue weighted by Crippen LogP contribution is 2.36. The van der Waals surface area contributed by atoms with Crippen LogP contribution in [0.25, 0.3) is 0 Å². The quantitative estimate of drug-likeness (QED) is 0.324. The number of H-pyrrole nitrogens is 1. The molecule has 8 nitrogen and oxygen atoms in total. The van der Waals surface area contributed by atoms with Crippen LogP contribution in [0, 0.1) is 6.92 Å². The Morgan fingerprint density at radius 1 is 1.67 bits per heavy atom. The number of nitrogens with zero attached hydrogens (tertiary/aromatic N) is 2. The van der Waals surface area contributed by atoms with E-state index in [1.807, 2.05) is 0 Å². The molecule has 112 valence electrons. The van der Waals surface area contributed by atoms with E-state index in [-0.39, 0.29) is 17.6 Å². The normalized spacial score (nSPS) is 14.4. The lowest BCUT2D eigenvalue weighted by Gasteiger charge is -2.01. The Labute approximate surface area is 124 Å². The Hall–Kier alpha value is -2.00. The second-order valence-electron chi connectivity index (χ2n) is 4.86. The van der Waals surface area contributed by atoms with E-state index in [0.717, 1.165) is 12.8 Å². The van der Waals surface area contributed by atoms with E-state index in [4.69, 9.17) is 10.3 Å². The fourth-order valence-corrected chi connectivity index (χ4v) is 3.00. The molecule has 1 aliphatic carbocycles. The van der Waals surface area contributed by atoms with Gasteiger partial charge in [0.25, 0.3) is 5.91 Å². The van der Waals surface area contributed by atoms with Crippen molar-refractivity contribution in [1.82, 2.24) is 20.2 Å². The Morgan fingerprint density at radius 3 is 3.10 bits per heavy atom. The van der Waals surface area contributed by atoms with E-state index in [1.54, 1.807) is 17.6 Å². The van der Waals surface area contributed by atoms with Crippen molar-refractivity contribution in [3.63, 3.8) is 0 Å². The van der Waals surface area contributed by atoms with Gasteiger partial charge in [-0.2, -0.15) is 0 Å². The van der Waals surface area contributed by atoms with Gasteiger partial charge in [-0.15, -0.1) is 5.10 Å². The number of furan rings is 1. The number of aromatic amines is 1. The van der Waals surface area contributed by atoms with Crippen LogP contribution in [-0.4, -0.2) is 20.7 Å². The van der Waals surface area contributed by atoms with Gasteiger partial charge in [-0.3, -0.25) is 14.8 Å². The zero-order valence-corrected chi connectivity index (χ0v) is 12.2.